The molecule has 154 valence electrons. The Hall–Kier alpha value is -1.76. The summed E-state index contributed by atoms with van der Waals surface area (Å²) in [5.41, 5.74) is 0. The van der Waals surface area contributed by atoms with Gasteiger partial charge in [0.2, 0.25) is 0 Å². The fraction of sp³-hybridized carbons (Fsp3) is 0.750. The number of carbonyl (C=O) groups excluding carboxylic acids is 1. The second kappa shape index (κ2) is 8.50. The minimum atomic E-state index is -2.55. The summed E-state index contributed by atoms with van der Waals surface area (Å²) >= 11 is 0. The second-order valence-corrected chi connectivity index (χ2v) is 6.61. The van der Waals surface area contributed by atoms with Crippen LogP contribution in [0.5, 0.6) is 0 Å². The van der Waals surface area contributed by atoms with Gasteiger partial charge in [0.25, 0.3) is 5.79 Å². The molecule has 1 fully saturated rings. The molecule has 4 unspecified atom stereocenters. The van der Waals surface area contributed by atoms with E-state index in [1.54, 1.807) is 0 Å². The maximum absolute atomic E-state index is 12.3. The molecule has 0 aromatic carbocycles. The van der Waals surface area contributed by atoms with Crippen molar-refractivity contribution in [3.63, 3.8) is 0 Å². The fourth-order valence-corrected chi connectivity index (χ4v) is 3.11. The van der Waals surface area contributed by atoms with E-state index in [4.69, 9.17) is 14.6 Å². The molecule has 6 atom stereocenters. The molecule has 2 rings (SSSR count). The molecule has 1 aliphatic rings. The van der Waals surface area contributed by atoms with Crippen LogP contribution in [-0.2, 0) is 20.9 Å². The normalized spacial score (nSPS) is 30.7. The highest BCUT2D eigenvalue weighted by Crippen LogP contribution is 2.36. The maximum atomic E-state index is 12.3. The van der Waals surface area contributed by atoms with Crippen LogP contribution in [0, 0.1) is 12.8 Å². The summed E-state index contributed by atoms with van der Waals surface area (Å²) in [4.78, 5) is 23.3. The molecule has 27 heavy (non-hydrogen) atoms. The smallest absolute Gasteiger partial charge is 0.453 e. The Morgan fingerprint density at radius 1 is 1.37 bits per heavy atom. The Morgan fingerprint density at radius 3 is 2.56 bits per heavy atom. The third-order valence-electron chi connectivity index (χ3n) is 4.47. The summed E-state index contributed by atoms with van der Waals surface area (Å²) < 4.78 is 19.5. The van der Waals surface area contributed by atoms with Crippen LogP contribution in [0.2, 0.25) is 0 Å². The molecule has 0 amide bonds. The summed E-state index contributed by atoms with van der Waals surface area (Å²) in [5, 5.41) is 49.3. The minimum absolute atomic E-state index is 0.0533. The van der Waals surface area contributed by atoms with Gasteiger partial charge >= 0.3 is 11.8 Å². The molecule has 0 saturated carbocycles. The number of aliphatic hydroxyl groups excluding tert-OH is 4. The molecule has 0 spiro atoms. The van der Waals surface area contributed by atoms with Gasteiger partial charge in [-0.05, 0) is 13.8 Å². The van der Waals surface area contributed by atoms with Crippen molar-refractivity contribution in [3.05, 3.63) is 22.1 Å². The first-order valence-corrected chi connectivity index (χ1v) is 8.39. The maximum Gasteiger partial charge on any atom is 0.519 e. The lowest BCUT2D eigenvalue weighted by molar-refractivity contribution is -0.298. The highest BCUT2D eigenvalue weighted by molar-refractivity contribution is 5.77. The number of rotatable bonds is 7. The van der Waals surface area contributed by atoms with E-state index in [0.717, 1.165) is 0 Å². The Labute approximate surface area is 153 Å². The standard InChI is InChI=1S/C16H24O11/c1-7(18)13-10(20)4-16(23,27-11(13)3-9(19)5-17)14(21)24-6-12-8(2)25-15(22)26-12/h7,9-11,13,17-20,23H,3-6H2,1-2H3/t7-,9+,10?,11?,13?,16?/m1/s1. The van der Waals surface area contributed by atoms with Crippen LogP contribution >= 0.6 is 0 Å². The van der Waals surface area contributed by atoms with Gasteiger partial charge in [-0.2, -0.15) is 0 Å². The Kier molecular flexibility index (Phi) is 6.78. The molecule has 0 aliphatic carbocycles. The summed E-state index contributed by atoms with van der Waals surface area (Å²) in [6.07, 6.45) is -5.62. The van der Waals surface area contributed by atoms with E-state index in [2.05, 4.69) is 8.83 Å². The number of aliphatic hydroxyl groups is 5. The average molecular weight is 392 g/mol. The average Bonchev–Trinajstić information content (AvgIpc) is 2.88. The van der Waals surface area contributed by atoms with Gasteiger partial charge in [0.1, 0.15) is 0 Å². The first kappa shape index (κ1) is 21.5. The van der Waals surface area contributed by atoms with Crippen LogP contribution in [-0.4, -0.2) is 68.3 Å². The van der Waals surface area contributed by atoms with Crippen LogP contribution in [0.3, 0.4) is 0 Å². The van der Waals surface area contributed by atoms with Crippen molar-refractivity contribution in [2.45, 2.75) is 63.5 Å². The minimum Gasteiger partial charge on any atom is -0.453 e. The number of hydrogen-bond donors (Lipinski definition) is 5. The summed E-state index contributed by atoms with van der Waals surface area (Å²) in [5.74, 6) is -5.64. The zero-order valence-corrected chi connectivity index (χ0v) is 14.9. The van der Waals surface area contributed by atoms with Crippen LogP contribution in [0.1, 0.15) is 31.3 Å². The fourth-order valence-electron chi connectivity index (χ4n) is 3.11. The number of esters is 1. The molecule has 0 radical (unpaired) electrons. The largest absolute Gasteiger partial charge is 0.519 e. The van der Waals surface area contributed by atoms with E-state index in [-0.39, 0.29) is 17.9 Å². The molecule has 1 saturated heterocycles. The van der Waals surface area contributed by atoms with Crippen molar-refractivity contribution in [2.75, 3.05) is 6.61 Å². The van der Waals surface area contributed by atoms with Crippen molar-refractivity contribution < 1.29 is 48.6 Å². The zero-order valence-electron chi connectivity index (χ0n) is 14.9. The lowest BCUT2D eigenvalue weighted by Gasteiger charge is -2.44. The third-order valence-corrected chi connectivity index (χ3v) is 4.47. The van der Waals surface area contributed by atoms with Crippen LogP contribution < -0.4 is 5.82 Å². The molecule has 5 N–H and O–H groups in total. The van der Waals surface area contributed by atoms with E-state index in [1.807, 2.05) is 0 Å². The van der Waals surface area contributed by atoms with E-state index < -0.39 is 67.5 Å². The van der Waals surface area contributed by atoms with Gasteiger partial charge in [-0.1, -0.05) is 0 Å². The van der Waals surface area contributed by atoms with Crippen LogP contribution in [0.15, 0.2) is 13.6 Å². The molecule has 1 aliphatic heterocycles. The van der Waals surface area contributed by atoms with Crippen molar-refractivity contribution in [3.8, 4) is 0 Å². The van der Waals surface area contributed by atoms with Gasteiger partial charge in [-0.25, -0.2) is 9.59 Å². The van der Waals surface area contributed by atoms with Gasteiger partial charge in [0.15, 0.2) is 18.1 Å². The molecule has 11 heteroatoms. The first-order valence-electron chi connectivity index (χ1n) is 8.39. The predicted octanol–water partition coefficient (Wildman–Crippen LogP) is -1.84. The highest BCUT2D eigenvalue weighted by atomic mass is 16.7. The van der Waals surface area contributed by atoms with Gasteiger partial charge in [-0.3, -0.25) is 0 Å². The number of carbonyl (C=O) groups is 1. The predicted molar refractivity (Wildman–Crippen MR) is 85.1 cm³/mol. The van der Waals surface area contributed by atoms with Crippen LogP contribution in [0.25, 0.3) is 0 Å². The van der Waals surface area contributed by atoms with Gasteiger partial charge in [-0.15, -0.1) is 0 Å². The molecule has 0 bridgehead atoms. The zero-order chi connectivity index (χ0) is 20.4. The van der Waals surface area contributed by atoms with E-state index in [1.165, 1.54) is 13.8 Å². The van der Waals surface area contributed by atoms with E-state index >= 15 is 0 Å². The molecule has 11 nitrogen and oxygen atoms in total. The first-order chi connectivity index (χ1) is 12.6. The SMILES string of the molecule is Cc1oc(=O)oc1COC(=O)C1(O)CC(O)C([C@@H](C)O)C(C[C@H](O)CO)O1. The second-order valence-electron chi connectivity index (χ2n) is 6.61. The summed E-state index contributed by atoms with van der Waals surface area (Å²) in [6.45, 7) is 1.69. The third kappa shape index (κ3) is 4.94. The molecular formula is C16H24O11. The van der Waals surface area contributed by atoms with Crippen molar-refractivity contribution >= 4 is 5.97 Å². The van der Waals surface area contributed by atoms with Crippen molar-refractivity contribution in [2.24, 2.45) is 5.92 Å². The quantitative estimate of drug-likeness (QED) is 0.329. The molecular weight excluding hydrogens is 368 g/mol. The monoisotopic (exact) mass is 392 g/mol. The molecule has 2 heterocycles. The van der Waals surface area contributed by atoms with Crippen molar-refractivity contribution in [1.82, 2.24) is 0 Å². The lowest BCUT2D eigenvalue weighted by Crippen LogP contribution is -2.59. The van der Waals surface area contributed by atoms with Gasteiger partial charge in [0.05, 0.1) is 31.0 Å². The Bertz CT molecular complexity index is 693. The molecule has 1 aromatic rings. The number of ether oxygens (including phenoxy) is 2. The van der Waals surface area contributed by atoms with Crippen LogP contribution in [0.4, 0.5) is 0 Å². The van der Waals surface area contributed by atoms with E-state index in [9.17, 15) is 30.0 Å². The number of aryl methyl sites for hydroxylation is 1. The molecule has 1 aromatic heterocycles. The topological polar surface area (TPSA) is 180 Å². The highest BCUT2D eigenvalue weighted by Gasteiger charge is 2.53. The van der Waals surface area contributed by atoms with Crippen molar-refractivity contribution in [1.29, 1.82) is 0 Å². The Morgan fingerprint density at radius 2 is 2.04 bits per heavy atom. The van der Waals surface area contributed by atoms with Gasteiger partial charge in [0, 0.05) is 18.8 Å². The van der Waals surface area contributed by atoms with Gasteiger partial charge < -0.3 is 43.8 Å². The summed E-state index contributed by atoms with van der Waals surface area (Å²) in [7, 11) is 0. The number of hydrogen-bond acceptors (Lipinski definition) is 11. The van der Waals surface area contributed by atoms with E-state index in [0.29, 0.717) is 0 Å². The summed E-state index contributed by atoms with van der Waals surface area (Å²) in [6, 6.07) is 0. The lowest BCUT2D eigenvalue weighted by atomic mass is 9.81. The Balaban J connectivity index is 2.12.